The minimum Gasteiger partial charge on any atom is -0.354 e. The van der Waals surface area contributed by atoms with E-state index in [1.807, 2.05) is 103 Å². The molecule has 2 aliphatic rings. The fourth-order valence-corrected chi connectivity index (χ4v) is 7.93. The summed E-state index contributed by atoms with van der Waals surface area (Å²) in [5.41, 5.74) is 14.2. The molecule has 0 aliphatic carbocycles. The summed E-state index contributed by atoms with van der Waals surface area (Å²) in [6, 6.07) is 39.7. The number of fused-ring (bicyclic) bond motifs is 8. The third-order valence-corrected chi connectivity index (χ3v) is 11.0. The molecular weight excluding hydrogens is 806 g/mol. The van der Waals surface area contributed by atoms with E-state index in [0.29, 0.717) is 20.1 Å². The number of hydrogen-bond acceptors (Lipinski definition) is 2. The normalized spacial score (nSPS) is 12.3. The molecule has 9 heteroatoms. The Balaban J connectivity index is 1.49. The number of halogens is 5. The molecule has 0 unspecified atom stereocenters. The summed E-state index contributed by atoms with van der Waals surface area (Å²) < 4.78 is 0.833. The van der Waals surface area contributed by atoms with E-state index < -0.39 is 0 Å². The fourth-order valence-electron chi connectivity index (χ4n) is 6.92. The van der Waals surface area contributed by atoms with Crippen LogP contribution in [0, 0.1) is 0 Å². The van der Waals surface area contributed by atoms with E-state index in [9.17, 15) is 0 Å². The molecule has 8 bridgehead atoms. The second-order valence-electron chi connectivity index (χ2n) is 12.7. The Morgan fingerprint density at radius 1 is 0.377 bits per heavy atom. The van der Waals surface area contributed by atoms with Crippen LogP contribution in [0.3, 0.4) is 0 Å². The summed E-state index contributed by atoms with van der Waals surface area (Å²) in [7, 11) is 0. The van der Waals surface area contributed by atoms with E-state index in [1.54, 1.807) is 0 Å². The van der Waals surface area contributed by atoms with Crippen LogP contribution >= 0.6 is 62.3 Å². The van der Waals surface area contributed by atoms with Gasteiger partial charge in [0.25, 0.3) is 0 Å². The first-order valence-corrected chi connectivity index (χ1v) is 19.0. The summed E-state index contributed by atoms with van der Waals surface area (Å²) in [4.78, 5) is 18.2. The molecule has 0 spiro atoms. The van der Waals surface area contributed by atoms with E-state index in [0.717, 1.165) is 93.8 Å². The first-order chi connectivity index (χ1) is 25.8. The molecule has 9 rings (SSSR count). The standard InChI is InChI=1S/C44H25BrCl4N4/c45-32-23-39-42(26-5-13-30(48)14-6-26)37-20-19-35(51-37)40(24-1-9-28(46)10-2-24)33-17-18-34(50-33)41(25-3-11-29(47)12-4-25)36-21-22-38(52-36)43(44(32)53-39)27-7-15-31(49)16-8-27/h1-23,50,52H. The van der Waals surface area contributed by atoms with Gasteiger partial charge in [-0.2, -0.15) is 0 Å². The number of nitrogens with zero attached hydrogens (tertiary/aromatic N) is 2. The van der Waals surface area contributed by atoms with E-state index in [4.69, 9.17) is 56.4 Å². The first-order valence-electron chi connectivity index (χ1n) is 16.7. The molecule has 0 saturated heterocycles. The Kier molecular flexibility index (Phi) is 8.85. The van der Waals surface area contributed by atoms with Crippen LogP contribution in [0.4, 0.5) is 0 Å². The Morgan fingerprint density at radius 2 is 0.736 bits per heavy atom. The predicted molar refractivity (Wildman–Crippen MR) is 229 cm³/mol. The van der Waals surface area contributed by atoms with Crippen LogP contribution in [-0.2, 0) is 0 Å². The van der Waals surface area contributed by atoms with Crippen LogP contribution in [-0.4, -0.2) is 19.9 Å². The van der Waals surface area contributed by atoms with Gasteiger partial charge >= 0.3 is 0 Å². The summed E-state index contributed by atoms with van der Waals surface area (Å²) in [6.45, 7) is 0. The molecule has 53 heavy (non-hydrogen) atoms. The lowest BCUT2D eigenvalue weighted by atomic mass is 10.0. The maximum Gasteiger partial charge on any atom is 0.0879 e. The van der Waals surface area contributed by atoms with E-state index in [2.05, 4.69) is 62.3 Å². The second-order valence-corrected chi connectivity index (χ2v) is 15.3. The Hall–Kier alpha value is -4.88. The zero-order valence-electron chi connectivity index (χ0n) is 27.6. The van der Waals surface area contributed by atoms with Gasteiger partial charge in [-0.05, 0) is 129 Å². The zero-order valence-corrected chi connectivity index (χ0v) is 32.2. The van der Waals surface area contributed by atoms with Gasteiger partial charge in [-0.1, -0.05) is 94.9 Å². The van der Waals surface area contributed by atoms with Gasteiger partial charge in [0.1, 0.15) is 0 Å². The van der Waals surface area contributed by atoms with Crippen LogP contribution in [0.2, 0.25) is 20.1 Å². The monoisotopic (exact) mass is 828 g/mol. The van der Waals surface area contributed by atoms with Crippen LogP contribution in [0.25, 0.3) is 89.3 Å². The number of aromatic amines is 2. The van der Waals surface area contributed by atoms with Gasteiger partial charge in [0.15, 0.2) is 0 Å². The van der Waals surface area contributed by atoms with Gasteiger partial charge in [-0.15, -0.1) is 0 Å². The van der Waals surface area contributed by atoms with Gasteiger partial charge in [0, 0.05) is 68.9 Å². The molecule has 3 aromatic heterocycles. The summed E-state index contributed by atoms with van der Waals surface area (Å²) in [6.07, 6.45) is 6.15. The van der Waals surface area contributed by atoms with Crippen molar-refractivity contribution in [3.05, 3.63) is 164 Å². The molecule has 5 heterocycles. The quantitative estimate of drug-likeness (QED) is 0.186. The van der Waals surface area contributed by atoms with Crippen molar-refractivity contribution < 1.29 is 0 Å². The molecule has 4 aromatic carbocycles. The van der Waals surface area contributed by atoms with E-state index in [1.165, 1.54) is 0 Å². The van der Waals surface area contributed by atoms with E-state index >= 15 is 0 Å². The highest BCUT2D eigenvalue weighted by atomic mass is 79.9. The molecular formula is C44H25BrCl4N4. The van der Waals surface area contributed by atoms with Gasteiger partial charge in [0.2, 0.25) is 0 Å². The SMILES string of the molecule is Clc1ccc(-c2c3nc(c(-c4ccc(Cl)cc4)c4ccc([nH]4)c(-c4ccc(Cl)cc4)c4ccc([nH]4)c(-c4ccc(Cl)cc4)c4nc2C=C4Br)C=C3)cc1. The van der Waals surface area contributed by atoms with Crippen molar-refractivity contribution in [2.45, 2.75) is 0 Å². The number of H-pyrrole nitrogens is 2. The minimum absolute atomic E-state index is 0.646. The van der Waals surface area contributed by atoms with E-state index in [-0.39, 0.29) is 0 Å². The van der Waals surface area contributed by atoms with Crippen molar-refractivity contribution >= 4 is 107 Å². The minimum atomic E-state index is 0.646. The molecule has 0 fully saturated rings. The lowest BCUT2D eigenvalue weighted by molar-refractivity contribution is 1.27. The second kappa shape index (κ2) is 13.8. The largest absolute Gasteiger partial charge is 0.354 e. The molecule has 0 amide bonds. The summed E-state index contributed by atoms with van der Waals surface area (Å²) >= 11 is 29.4. The molecule has 256 valence electrons. The summed E-state index contributed by atoms with van der Waals surface area (Å²) in [5.74, 6) is 0. The van der Waals surface area contributed by atoms with Crippen molar-refractivity contribution in [3.63, 3.8) is 0 Å². The van der Waals surface area contributed by atoms with Gasteiger partial charge in [0.05, 0.1) is 22.8 Å². The van der Waals surface area contributed by atoms with Crippen LogP contribution in [0.5, 0.6) is 0 Å². The highest BCUT2D eigenvalue weighted by molar-refractivity contribution is 9.15. The molecule has 2 N–H and O–H groups in total. The maximum atomic E-state index is 6.39. The molecule has 2 aliphatic heterocycles. The molecule has 7 aromatic rings. The number of aromatic nitrogens is 4. The third kappa shape index (κ3) is 6.43. The van der Waals surface area contributed by atoms with Gasteiger partial charge < -0.3 is 9.97 Å². The fraction of sp³-hybridized carbons (Fsp3) is 0. The lowest BCUT2D eigenvalue weighted by Crippen LogP contribution is -1.91. The van der Waals surface area contributed by atoms with Crippen molar-refractivity contribution in [2.75, 3.05) is 0 Å². The third-order valence-electron chi connectivity index (χ3n) is 9.35. The van der Waals surface area contributed by atoms with Crippen molar-refractivity contribution in [1.82, 2.24) is 19.9 Å². The Labute approximate surface area is 333 Å². The average Bonchev–Trinajstić information content (AvgIpc) is 3.99. The van der Waals surface area contributed by atoms with Crippen molar-refractivity contribution in [3.8, 4) is 44.5 Å². The van der Waals surface area contributed by atoms with Crippen LogP contribution in [0.1, 0.15) is 22.8 Å². The van der Waals surface area contributed by atoms with Crippen LogP contribution < -0.4 is 0 Å². The van der Waals surface area contributed by atoms with Gasteiger partial charge in [-0.25, -0.2) is 9.97 Å². The highest BCUT2D eigenvalue weighted by Gasteiger charge is 2.22. The molecule has 0 saturated carbocycles. The zero-order chi connectivity index (χ0) is 36.2. The maximum absolute atomic E-state index is 6.39. The predicted octanol–water partition coefficient (Wildman–Crippen LogP) is 14.7. The van der Waals surface area contributed by atoms with Crippen molar-refractivity contribution in [2.24, 2.45) is 0 Å². The number of rotatable bonds is 4. The van der Waals surface area contributed by atoms with Crippen LogP contribution in [0.15, 0.2) is 121 Å². The number of benzene rings is 4. The Bertz CT molecular complexity index is 2800. The highest BCUT2D eigenvalue weighted by Crippen LogP contribution is 2.42. The molecule has 4 nitrogen and oxygen atoms in total. The Morgan fingerprint density at radius 3 is 1.21 bits per heavy atom. The molecule has 0 radical (unpaired) electrons. The van der Waals surface area contributed by atoms with Crippen molar-refractivity contribution in [1.29, 1.82) is 0 Å². The lowest BCUT2D eigenvalue weighted by Gasteiger charge is -2.07. The topological polar surface area (TPSA) is 57.4 Å². The number of hydrogen-bond donors (Lipinski definition) is 2. The average molecular weight is 831 g/mol. The van der Waals surface area contributed by atoms with Gasteiger partial charge in [-0.3, -0.25) is 0 Å². The smallest absolute Gasteiger partial charge is 0.0879 e. The first kappa shape index (κ1) is 33.9. The summed E-state index contributed by atoms with van der Waals surface area (Å²) in [5, 5.41) is 2.61. The molecule has 0 atom stereocenters. The number of nitrogens with one attached hydrogen (secondary N) is 2.